The summed E-state index contributed by atoms with van der Waals surface area (Å²) in [6.07, 6.45) is 2.34. The Morgan fingerprint density at radius 2 is 1.80 bits per heavy atom. The van der Waals surface area contributed by atoms with Crippen LogP contribution in [-0.2, 0) is 41.1 Å². The number of aliphatic hydroxyl groups excluding tert-OH is 1. The van der Waals surface area contributed by atoms with Crippen LogP contribution in [0.2, 0.25) is 0 Å². The van der Waals surface area contributed by atoms with Crippen molar-refractivity contribution in [1.29, 1.82) is 0 Å². The number of hydrogen-bond donors (Lipinski definition) is 2. The van der Waals surface area contributed by atoms with Gasteiger partial charge in [0.2, 0.25) is 0 Å². The summed E-state index contributed by atoms with van der Waals surface area (Å²) in [4.78, 5) is 12.9. The van der Waals surface area contributed by atoms with Crippen molar-refractivity contribution in [2.24, 2.45) is 0 Å². The molecule has 0 saturated heterocycles. The number of nitrogens with zero attached hydrogens (tertiary/aromatic N) is 3. The molecule has 0 bridgehead atoms. The molecule has 9 heteroatoms. The minimum Gasteiger partial charge on any atom is -0.493 e. The summed E-state index contributed by atoms with van der Waals surface area (Å²) < 4.78 is 18.6. The normalized spacial score (nSPS) is 12.8. The second-order valence-corrected chi connectivity index (χ2v) is 10.2. The number of carboxylic acids is 1. The fourth-order valence-corrected chi connectivity index (χ4v) is 5.51. The maximum Gasteiger partial charge on any atom is 0.314 e. The van der Waals surface area contributed by atoms with Crippen LogP contribution < -0.4 is 9.47 Å². The Bertz CT molecular complexity index is 1440. The number of carboxylic acid groups (broad SMARTS) is 1. The zero-order valence-corrected chi connectivity index (χ0v) is 24.2. The Morgan fingerprint density at radius 3 is 2.46 bits per heavy atom. The summed E-state index contributed by atoms with van der Waals surface area (Å²) in [5.41, 5.74) is 4.28. The molecule has 0 aliphatic heterocycles. The van der Waals surface area contributed by atoms with Crippen LogP contribution >= 0.6 is 0 Å². The fourth-order valence-electron chi connectivity index (χ4n) is 5.51. The van der Waals surface area contributed by atoms with Gasteiger partial charge in [-0.1, -0.05) is 48.5 Å². The lowest BCUT2D eigenvalue weighted by atomic mass is 9.71. The van der Waals surface area contributed by atoms with E-state index in [0.717, 1.165) is 35.0 Å². The molecule has 0 spiro atoms. The van der Waals surface area contributed by atoms with Gasteiger partial charge < -0.3 is 24.4 Å². The third kappa shape index (κ3) is 6.36. The largest absolute Gasteiger partial charge is 0.493 e. The lowest BCUT2D eigenvalue weighted by Gasteiger charge is -2.31. The molecular formula is C32H39N3O6. The fraction of sp³-hybridized carbons (Fsp3) is 0.406. The molecule has 1 heterocycles. The number of aliphatic carboxylic acids is 1. The van der Waals surface area contributed by atoms with E-state index in [-0.39, 0.29) is 13.0 Å². The van der Waals surface area contributed by atoms with Crippen molar-refractivity contribution in [3.8, 4) is 11.5 Å². The minimum absolute atomic E-state index is 0.204. The highest BCUT2D eigenvalue weighted by atomic mass is 16.5. The second-order valence-electron chi connectivity index (χ2n) is 10.2. The smallest absolute Gasteiger partial charge is 0.314 e. The van der Waals surface area contributed by atoms with Crippen molar-refractivity contribution < 1.29 is 29.2 Å². The van der Waals surface area contributed by atoms with E-state index in [0.29, 0.717) is 54.3 Å². The zero-order chi connectivity index (χ0) is 29.4. The van der Waals surface area contributed by atoms with Crippen molar-refractivity contribution in [3.63, 3.8) is 0 Å². The standard InChI is InChI=1S/C32H39N3O6/c1-5-32(31(37)38,19-24-17-25(20-36)30(40-4)28(18-24)39-3)26-13-14-27-29(22(26)2)33-34-35(27)15-9-10-16-41-21-23-11-7-6-8-12-23/h6-8,11-14,17-18,36H,5,9-10,15-16,19-21H2,1-4H3,(H,37,38). The van der Waals surface area contributed by atoms with Crippen molar-refractivity contribution in [3.05, 3.63) is 82.4 Å². The molecule has 0 fully saturated rings. The van der Waals surface area contributed by atoms with Gasteiger partial charge in [-0.2, -0.15) is 0 Å². The van der Waals surface area contributed by atoms with E-state index >= 15 is 0 Å². The van der Waals surface area contributed by atoms with Gasteiger partial charge in [0.25, 0.3) is 0 Å². The van der Waals surface area contributed by atoms with Gasteiger partial charge in [0.05, 0.1) is 38.4 Å². The number of fused-ring (bicyclic) bond motifs is 1. The third-order valence-corrected chi connectivity index (χ3v) is 7.78. The number of unbranched alkanes of at least 4 members (excludes halogenated alkanes) is 1. The van der Waals surface area contributed by atoms with Crippen molar-refractivity contribution in [2.45, 2.75) is 64.7 Å². The van der Waals surface area contributed by atoms with Crippen LogP contribution in [0.5, 0.6) is 11.5 Å². The number of benzene rings is 3. The van der Waals surface area contributed by atoms with Crippen LogP contribution in [0, 0.1) is 6.92 Å². The van der Waals surface area contributed by atoms with E-state index in [1.165, 1.54) is 14.2 Å². The molecule has 218 valence electrons. The average molecular weight is 562 g/mol. The number of hydrogen-bond acceptors (Lipinski definition) is 7. The summed E-state index contributed by atoms with van der Waals surface area (Å²) in [5, 5.41) is 29.3. The van der Waals surface area contributed by atoms with Crippen molar-refractivity contribution in [2.75, 3.05) is 20.8 Å². The van der Waals surface area contributed by atoms with Gasteiger partial charge in [-0.3, -0.25) is 4.79 Å². The number of methoxy groups -OCH3 is 2. The van der Waals surface area contributed by atoms with E-state index in [2.05, 4.69) is 22.4 Å². The van der Waals surface area contributed by atoms with E-state index in [4.69, 9.17) is 14.2 Å². The van der Waals surface area contributed by atoms with E-state index in [1.807, 2.05) is 48.9 Å². The Balaban J connectivity index is 1.53. The molecule has 1 aromatic heterocycles. The molecule has 1 unspecified atom stereocenters. The third-order valence-electron chi connectivity index (χ3n) is 7.78. The summed E-state index contributed by atoms with van der Waals surface area (Å²) in [7, 11) is 3.03. The van der Waals surface area contributed by atoms with Crippen LogP contribution in [0.4, 0.5) is 0 Å². The maximum atomic E-state index is 12.9. The molecule has 0 aliphatic rings. The first kappa shape index (κ1) is 30.0. The predicted molar refractivity (Wildman–Crippen MR) is 156 cm³/mol. The topological polar surface area (TPSA) is 116 Å². The van der Waals surface area contributed by atoms with Crippen LogP contribution in [-0.4, -0.2) is 52.0 Å². The molecule has 0 aliphatic carbocycles. The minimum atomic E-state index is -1.22. The quantitative estimate of drug-likeness (QED) is 0.190. The zero-order valence-electron chi connectivity index (χ0n) is 24.2. The molecule has 41 heavy (non-hydrogen) atoms. The molecule has 4 rings (SSSR count). The number of carbonyl (C=O) groups is 1. The van der Waals surface area contributed by atoms with E-state index in [9.17, 15) is 15.0 Å². The maximum absolute atomic E-state index is 12.9. The lowest BCUT2D eigenvalue weighted by molar-refractivity contribution is -0.144. The Morgan fingerprint density at radius 1 is 1.02 bits per heavy atom. The van der Waals surface area contributed by atoms with Gasteiger partial charge in [-0.05, 0) is 73.1 Å². The Labute approximate surface area is 240 Å². The van der Waals surface area contributed by atoms with Gasteiger partial charge in [-0.15, -0.1) is 5.10 Å². The second kappa shape index (κ2) is 13.6. The number of rotatable bonds is 15. The lowest BCUT2D eigenvalue weighted by Crippen LogP contribution is -2.38. The molecule has 0 radical (unpaired) electrons. The van der Waals surface area contributed by atoms with Gasteiger partial charge in [0, 0.05) is 18.7 Å². The molecule has 9 nitrogen and oxygen atoms in total. The van der Waals surface area contributed by atoms with Gasteiger partial charge in [0.1, 0.15) is 5.52 Å². The number of aryl methyl sites for hydroxylation is 2. The first-order valence-corrected chi connectivity index (χ1v) is 13.9. The molecule has 0 saturated carbocycles. The molecule has 1 atom stereocenters. The molecule has 0 amide bonds. The Kier molecular flexibility index (Phi) is 9.96. The molecule has 2 N–H and O–H groups in total. The molecular weight excluding hydrogens is 522 g/mol. The van der Waals surface area contributed by atoms with Gasteiger partial charge >= 0.3 is 5.97 Å². The van der Waals surface area contributed by atoms with Crippen LogP contribution in [0.3, 0.4) is 0 Å². The predicted octanol–water partition coefficient (Wildman–Crippen LogP) is 5.22. The number of ether oxygens (including phenoxy) is 3. The first-order valence-electron chi connectivity index (χ1n) is 13.9. The van der Waals surface area contributed by atoms with Crippen LogP contribution in [0.1, 0.15) is 54.0 Å². The van der Waals surface area contributed by atoms with Gasteiger partial charge in [0.15, 0.2) is 11.5 Å². The molecule has 4 aromatic rings. The summed E-state index contributed by atoms with van der Waals surface area (Å²) in [5.74, 6) is -0.0381. The van der Waals surface area contributed by atoms with E-state index in [1.54, 1.807) is 12.1 Å². The first-order chi connectivity index (χ1) is 19.9. The molecule has 3 aromatic carbocycles. The highest BCUT2D eigenvalue weighted by Gasteiger charge is 2.41. The van der Waals surface area contributed by atoms with Crippen LogP contribution in [0.15, 0.2) is 54.6 Å². The average Bonchev–Trinajstić information content (AvgIpc) is 3.41. The van der Waals surface area contributed by atoms with Crippen LogP contribution in [0.25, 0.3) is 11.0 Å². The summed E-state index contributed by atoms with van der Waals surface area (Å²) in [6, 6.07) is 17.5. The Hall–Kier alpha value is -3.95. The summed E-state index contributed by atoms with van der Waals surface area (Å²) in [6.45, 7) is 5.49. The number of aliphatic hydroxyl groups is 1. The SMILES string of the molecule is CCC(Cc1cc(CO)c(OC)c(OC)c1)(C(=O)O)c1ccc2c(nnn2CCCCOCc2ccccc2)c1C. The number of aromatic nitrogens is 3. The monoisotopic (exact) mass is 561 g/mol. The summed E-state index contributed by atoms with van der Waals surface area (Å²) >= 11 is 0. The van der Waals surface area contributed by atoms with E-state index < -0.39 is 11.4 Å². The van der Waals surface area contributed by atoms with Gasteiger partial charge in [-0.25, -0.2) is 4.68 Å². The highest BCUT2D eigenvalue weighted by molar-refractivity contribution is 5.87. The van der Waals surface area contributed by atoms with Crippen molar-refractivity contribution >= 4 is 17.0 Å². The van der Waals surface area contributed by atoms with Crippen molar-refractivity contribution in [1.82, 2.24) is 15.0 Å². The highest BCUT2D eigenvalue weighted by Crippen LogP contribution is 2.40.